The van der Waals surface area contributed by atoms with E-state index in [0.717, 1.165) is 6.42 Å². The van der Waals surface area contributed by atoms with Gasteiger partial charge in [-0.25, -0.2) is 8.42 Å². The molecule has 0 saturated heterocycles. The van der Waals surface area contributed by atoms with Crippen molar-refractivity contribution < 1.29 is 13.2 Å². The van der Waals surface area contributed by atoms with Crippen LogP contribution in [0.5, 0.6) is 5.75 Å². The maximum absolute atomic E-state index is 11.2. The third kappa shape index (κ3) is 4.19. The lowest BCUT2D eigenvalue weighted by Gasteiger charge is -2.13. The Hall–Kier alpha value is -0.160. The highest BCUT2D eigenvalue weighted by Gasteiger charge is 2.18. The zero-order valence-corrected chi connectivity index (χ0v) is 13.0. The third-order valence-electron chi connectivity index (χ3n) is 2.47. The second-order valence-corrected chi connectivity index (χ2v) is 7.32. The van der Waals surface area contributed by atoms with E-state index in [1.165, 1.54) is 12.1 Å². The summed E-state index contributed by atoms with van der Waals surface area (Å²) < 4.78 is 27.9. The number of benzene rings is 1. The molecular formula is C11H13Cl3O3S. The zero-order chi connectivity index (χ0) is 13.9. The Morgan fingerprint density at radius 1 is 1.28 bits per heavy atom. The average Bonchev–Trinajstić information content (AvgIpc) is 2.27. The molecule has 0 fully saturated rings. The van der Waals surface area contributed by atoms with E-state index in [-0.39, 0.29) is 14.9 Å². The standard InChI is InChI=1S/C11H13Cl3O3S/c1-3-7(2)6-17-10-4-9(13)11(5-8(10)12)18(14,15)16/h4-5,7H,3,6H2,1-2H3. The molecule has 3 nitrogen and oxygen atoms in total. The van der Waals surface area contributed by atoms with Crippen LogP contribution in [0.3, 0.4) is 0 Å². The van der Waals surface area contributed by atoms with Crippen molar-refractivity contribution in [2.75, 3.05) is 6.61 Å². The Labute approximate surface area is 121 Å². The summed E-state index contributed by atoms with van der Waals surface area (Å²) in [5.41, 5.74) is 0. The van der Waals surface area contributed by atoms with E-state index < -0.39 is 9.05 Å². The highest BCUT2D eigenvalue weighted by Crippen LogP contribution is 2.35. The second kappa shape index (κ2) is 6.33. The topological polar surface area (TPSA) is 43.4 Å². The van der Waals surface area contributed by atoms with Gasteiger partial charge in [0.25, 0.3) is 9.05 Å². The number of rotatable bonds is 5. The van der Waals surface area contributed by atoms with Crippen molar-refractivity contribution in [3.8, 4) is 5.75 Å². The first-order valence-electron chi connectivity index (χ1n) is 5.32. The molecule has 0 aliphatic heterocycles. The van der Waals surface area contributed by atoms with E-state index in [4.69, 9.17) is 38.6 Å². The van der Waals surface area contributed by atoms with Crippen molar-refractivity contribution in [2.24, 2.45) is 5.92 Å². The molecule has 0 heterocycles. The van der Waals surface area contributed by atoms with Crippen LogP contribution in [0.4, 0.5) is 0 Å². The number of hydrogen-bond acceptors (Lipinski definition) is 3. The van der Waals surface area contributed by atoms with Crippen LogP contribution in [0.1, 0.15) is 20.3 Å². The van der Waals surface area contributed by atoms with E-state index in [1.807, 2.05) is 13.8 Å². The maximum atomic E-state index is 11.2. The Morgan fingerprint density at radius 3 is 2.39 bits per heavy atom. The molecule has 1 unspecified atom stereocenters. The summed E-state index contributed by atoms with van der Waals surface area (Å²) >= 11 is 11.8. The van der Waals surface area contributed by atoms with Crippen LogP contribution in [-0.4, -0.2) is 15.0 Å². The molecule has 0 saturated carbocycles. The summed E-state index contributed by atoms with van der Waals surface area (Å²) in [6.07, 6.45) is 0.972. The van der Waals surface area contributed by atoms with Gasteiger partial charge in [0, 0.05) is 16.7 Å². The lowest BCUT2D eigenvalue weighted by molar-refractivity contribution is 0.256. The molecule has 0 radical (unpaired) electrons. The van der Waals surface area contributed by atoms with Crippen LogP contribution in [0, 0.1) is 5.92 Å². The van der Waals surface area contributed by atoms with Gasteiger partial charge in [0.15, 0.2) is 0 Å². The maximum Gasteiger partial charge on any atom is 0.262 e. The van der Waals surface area contributed by atoms with Gasteiger partial charge in [0.05, 0.1) is 16.7 Å². The largest absolute Gasteiger partial charge is 0.492 e. The van der Waals surface area contributed by atoms with Crippen LogP contribution in [0.15, 0.2) is 17.0 Å². The molecule has 0 bridgehead atoms. The van der Waals surface area contributed by atoms with Crippen LogP contribution in [0.25, 0.3) is 0 Å². The molecule has 1 aromatic carbocycles. The van der Waals surface area contributed by atoms with Gasteiger partial charge in [-0.1, -0.05) is 43.5 Å². The molecule has 1 atom stereocenters. The lowest BCUT2D eigenvalue weighted by Crippen LogP contribution is -2.07. The quantitative estimate of drug-likeness (QED) is 0.754. The van der Waals surface area contributed by atoms with Crippen molar-refractivity contribution >= 4 is 42.9 Å². The first kappa shape index (κ1) is 15.9. The second-order valence-electron chi connectivity index (χ2n) is 3.98. The van der Waals surface area contributed by atoms with Crippen LogP contribution in [-0.2, 0) is 9.05 Å². The van der Waals surface area contributed by atoms with Gasteiger partial charge in [-0.15, -0.1) is 0 Å². The molecule has 0 N–H and O–H groups in total. The van der Waals surface area contributed by atoms with Gasteiger partial charge in [0.1, 0.15) is 10.6 Å². The molecule has 0 aliphatic carbocycles. The molecule has 1 rings (SSSR count). The predicted molar refractivity (Wildman–Crippen MR) is 74.5 cm³/mol. The van der Waals surface area contributed by atoms with E-state index in [1.54, 1.807) is 0 Å². The van der Waals surface area contributed by atoms with Crippen molar-refractivity contribution in [2.45, 2.75) is 25.2 Å². The summed E-state index contributed by atoms with van der Waals surface area (Å²) in [5.74, 6) is 0.724. The van der Waals surface area contributed by atoms with Gasteiger partial charge in [-0.05, 0) is 12.0 Å². The lowest BCUT2D eigenvalue weighted by atomic mass is 10.1. The molecule has 18 heavy (non-hydrogen) atoms. The molecule has 0 aromatic heterocycles. The van der Waals surface area contributed by atoms with Gasteiger partial charge in [-0.2, -0.15) is 0 Å². The zero-order valence-electron chi connectivity index (χ0n) is 9.91. The monoisotopic (exact) mass is 330 g/mol. The first-order valence-corrected chi connectivity index (χ1v) is 8.38. The van der Waals surface area contributed by atoms with Crippen molar-refractivity contribution in [3.63, 3.8) is 0 Å². The van der Waals surface area contributed by atoms with E-state index >= 15 is 0 Å². The fraction of sp³-hybridized carbons (Fsp3) is 0.455. The number of hydrogen-bond donors (Lipinski definition) is 0. The molecule has 0 aliphatic rings. The van der Waals surface area contributed by atoms with Gasteiger partial charge in [0.2, 0.25) is 0 Å². The molecule has 102 valence electrons. The smallest absolute Gasteiger partial charge is 0.262 e. The fourth-order valence-electron chi connectivity index (χ4n) is 1.16. The summed E-state index contributed by atoms with van der Waals surface area (Å²) in [6, 6.07) is 2.56. The molecule has 0 spiro atoms. The van der Waals surface area contributed by atoms with Crippen LogP contribution < -0.4 is 4.74 Å². The van der Waals surface area contributed by atoms with E-state index in [9.17, 15) is 8.42 Å². The molecular weight excluding hydrogens is 319 g/mol. The minimum Gasteiger partial charge on any atom is -0.492 e. The third-order valence-corrected chi connectivity index (χ3v) is 4.55. The minimum absolute atomic E-state index is 0.00597. The van der Waals surface area contributed by atoms with Crippen molar-refractivity contribution in [3.05, 3.63) is 22.2 Å². The predicted octanol–water partition coefficient (Wildman–Crippen LogP) is 4.35. The van der Waals surface area contributed by atoms with Gasteiger partial charge >= 0.3 is 0 Å². The van der Waals surface area contributed by atoms with E-state index in [0.29, 0.717) is 18.3 Å². The average molecular weight is 332 g/mol. The summed E-state index contributed by atoms with van der Waals surface area (Å²) in [4.78, 5) is -0.216. The first-order chi connectivity index (χ1) is 8.25. The van der Waals surface area contributed by atoms with Crippen molar-refractivity contribution in [1.82, 2.24) is 0 Å². The summed E-state index contributed by atoms with van der Waals surface area (Å²) in [5, 5.41) is 0.162. The van der Waals surface area contributed by atoms with Gasteiger partial charge in [-0.3, -0.25) is 0 Å². The molecule has 1 aromatic rings. The Bertz CT molecular complexity index is 529. The minimum atomic E-state index is -3.91. The van der Waals surface area contributed by atoms with Crippen LogP contribution in [0.2, 0.25) is 10.0 Å². The molecule has 7 heteroatoms. The summed E-state index contributed by atoms with van der Waals surface area (Å²) in [6.45, 7) is 4.57. The number of halogens is 3. The summed E-state index contributed by atoms with van der Waals surface area (Å²) in [7, 11) is 1.32. The SMILES string of the molecule is CCC(C)COc1cc(Cl)c(S(=O)(=O)Cl)cc1Cl. The van der Waals surface area contributed by atoms with Crippen LogP contribution >= 0.6 is 33.9 Å². The van der Waals surface area contributed by atoms with Gasteiger partial charge < -0.3 is 4.74 Å². The Balaban J connectivity index is 3.01. The van der Waals surface area contributed by atoms with E-state index in [2.05, 4.69) is 0 Å². The highest BCUT2D eigenvalue weighted by molar-refractivity contribution is 8.13. The van der Waals surface area contributed by atoms with Crippen molar-refractivity contribution in [1.29, 1.82) is 0 Å². The Kier molecular flexibility index (Phi) is 5.59. The fourth-order valence-corrected chi connectivity index (χ4v) is 2.95. The highest BCUT2D eigenvalue weighted by atomic mass is 35.7. The normalized spacial score (nSPS) is 13.4. The molecule has 0 amide bonds. The number of ether oxygens (including phenoxy) is 1. The Morgan fingerprint density at radius 2 is 1.89 bits per heavy atom.